The van der Waals surface area contributed by atoms with Gasteiger partial charge in [-0.2, -0.15) is 0 Å². The molecule has 0 saturated carbocycles. The molecule has 0 bridgehead atoms. The highest BCUT2D eigenvalue weighted by Gasteiger charge is 2.25. The van der Waals surface area contributed by atoms with Crippen LogP contribution in [0.5, 0.6) is 5.75 Å². The third-order valence-electron chi connectivity index (χ3n) is 4.20. The van der Waals surface area contributed by atoms with Crippen molar-refractivity contribution >= 4 is 34.5 Å². The number of para-hydroxylation sites is 2. The number of H-pyrrole nitrogens is 1. The number of hydrogen-bond donors (Lipinski definition) is 2. The molecule has 1 amide bonds. The Morgan fingerprint density at radius 3 is 2.72 bits per heavy atom. The minimum absolute atomic E-state index is 0.167. The number of aromatic amines is 1. The molecule has 4 rings (SSSR count). The molecule has 0 spiro atoms. The number of fused-ring (bicyclic) bond motifs is 1. The summed E-state index contributed by atoms with van der Waals surface area (Å²) in [6, 6.07) is 17.0. The summed E-state index contributed by atoms with van der Waals surface area (Å²) in [6.07, 6.45) is 3.02. The van der Waals surface area contributed by atoms with Crippen LogP contribution in [0.1, 0.15) is 17.7 Å². The highest BCUT2D eigenvalue weighted by molar-refractivity contribution is 8.00. The van der Waals surface area contributed by atoms with Gasteiger partial charge in [-0.05, 0) is 24.6 Å². The highest BCUT2D eigenvalue weighted by atomic mass is 32.2. The standard InChI is InChI=1S/C21H19N5O2S/c1-2-28-16-11-7-6-10-15(16)26-20(27)18(14-8-4-3-5-9-14)29-21-17-19(23-12-22-17)24-13-25-21/h3-13,18H,2H2,1H3,(H,26,27)(H,22,23,24,25)/t18-/m0/s1. The second-order valence-electron chi connectivity index (χ2n) is 6.11. The van der Waals surface area contributed by atoms with Gasteiger partial charge in [0.1, 0.15) is 27.9 Å². The predicted octanol–water partition coefficient (Wildman–Crippen LogP) is 4.22. The van der Waals surface area contributed by atoms with Gasteiger partial charge < -0.3 is 15.0 Å². The van der Waals surface area contributed by atoms with E-state index in [4.69, 9.17) is 4.74 Å². The molecule has 29 heavy (non-hydrogen) atoms. The summed E-state index contributed by atoms with van der Waals surface area (Å²) in [6.45, 7) is 2.43. The monoisotopic (exact) mass is 405 g/mol. The fraction of sp³-hybridized carbons (Fsp3) is 0.143. The summed E-state index contributed by atoms with van der Waals surface area (Å²) in [5.74, 6) is 0.470. The van der Waals surface area contributed by atoms with E-state index in [-0.39, 0.29) is 5.91 Å². The van der Waals surface area contributed by atoms with Crippen LogP contribution < -0.4 is 10.1 Å². The molecular formula is C21H19N5O2S. The second-order valence-corrected chi connectivity index (χ2v) is 7.20. The van der Waals surface area contributed by atoms with Gasteiger partial charge in [0, 0.05) is 0 Å². The Kier molecular flexibility index (Phi) is 5.71. The summed E-state index contributed by atoms with van der Waals surface area (Å²) in [7, 11) is 0. The molecule has 7 nitrogen and oxygen atoms in total. The molecule has 1 atom stereocenters. The lowest BCUT2D eigenvalue weighted by Crippen LogP contribution is -2.19. The zero-order chi connectivity index (χ0) is 20.1. The normalized spacial score (nSPS) is 11.9. The van der Waals surface area contributed by atoms with Gasteiger partial charge >= 0.3 is 0 Å². The Bertz CT molecular complexity index is 1120. The Morgan fingerprint density at radius 2 is 1.90 bits per heavy atom. The number of nitrogens with zero attached hydrogens (tertiary/aromatic N) is 3. The number of carbonyl (C=O) groups is 1. The van der Waals surface area contributed by atoms with Gasteiger partial charge in [0.05, 0.1) is 18.6 Å². The minimum Gasteiger partial charge on any atom is -0.492 e. The summed E-state index contributed by atoms with van der Waals surface area (Å²) >= 11 is 1.35. The molecule has 0 aliphatic carbocycles. The number of imidazole rings is 1. The van der Waals surface area contributed by atoms with Crippen LogP contribution in [0.4, 0.5) is 5.69 Å². The molecule has 0 saturated heterocycles. The van der Waals surface area contributed by atoms with Crippen LogP contribution in [-0.2, 0) is 4.79 Å². The van der Waals surface area contributed by atoms with Crippen molar-refractivity contribution in [1.82, 2.24) is 19.9 Å². The second kappa shape index (κ2) is 8.74. The van der Waals surface area contributed by atoms with Gasteiger partial charge in [-0.1, -0.05) is 54.2 Å². The first kappa shape index (κ1) is 18.9. The number of ether oxygens (including phenoxy) is 1. The Labute approximate surface area is 172 Å². The van der Waals surface area contributed by atoms with E-state index in [0.29, 0.717) is 34.2 Å². The lowest BCUT2D eigenvalue weighted by atomic mass is 10.1. The Balaban J connectivity index is 1.66. The van der Waals surface area contributed by atoms with E-state index in [1.54, 1.807) is 6.33 Å². The van der Waals surface area contributed by atoms with Crippen molar-refractivity contribution in [3.05, 3.63) is 72.8 Å². The summed E-state index contributed by atoms with van der Waals surface area (Å²) < 4.78 is 5.63. The summed E-state index contributed by atoms with van der Waals surface area (Å²) in [4.78, 5) is 29.0. The van der Waals surface area contributed by atoms with Crippen molar-refractivity contribution in [3.63, 3.8) is 0 Å². The number of benzene rings is 2. The maximum absolute atomic E-state index is 13.3. The van der Waals surface area contributed by atoms with Crippen LogP contribution in [0.15, 0.2) is 72.3 Å². The number of aromatic nitrogens is 4. The van der Waals surface area contributed by atoms with Crippen molar-refractivity contribution in [2.45, 2.75) is 17.2 Å². The lowest BCUT2D eigenvalue weighted by molar-refractivity contribution is -0.115. The number of carbonyl (C=O) groups excluding carboxylic acids is 1. The molecule has 2 aromatic carbocycles. The van der Waals surface area contributed by atoms with Gasteiger partial charge in [0.2, 0.25) is 5.91 Å². The Hall–Kier alpha value is -3.39. The summed E-state index contributed by atoms with van der Waals surface area (Å²) in [5, 5.41) is 3.14. The molecule has 0 aliphatic rings. The maximum atomic E-state index is 13.3. The van der Waals surface area contributed by atoms with E-state index in [1.165, 1.54) is 18.1 Å². The van der Waals surface area contributed by atoms with Crippen molar-refractivity contribution in [1.29, 1.82) is 0 Å². The maximum Gasteiger partial charge on any atom is 0.242 e. The molecule has 0 unspecified atom stereocenters. The third-order valence-corrected chi connectivity index (χ3v) is 5.46. The first-order valence-electron chi connectivity index (χ1n) is 9.14. The predicted molar refractivity (Wildman–Crippen MR) is 113 cm³/mol. The van der Waals surface area contributed by atoms with Crippen molar-refractivity contribution in [2.75, 3.05) is 11.9 Å². The van der Waals surface area contributed by atoms with Gasteiger partial charge in [0.15, 0.2) is 5.65 Å². The zero-order valence-electron chi connectivity index (χ0n) is 15.7. The number of hydrogen-bond acceptors (Lipinski definition) is 6. The average Bonchev–Trinajstić information content (AvgIpc) is 3.24. The number of thioether (sulfide) groups is 1. The van der Waals surface area contributed by atoms with Crippen molar-refractivity contribution in [3.8, 4) is 5.75 Å². The van der Waals surface area contributed by atoms with Gasteiger partial charge in [-0.3, -0.25) is 4.79 Å². The van der Waals surface area contributed by atoms with Crippen molar-refractivity contribution in [2.24, 2.45) is 0 Å². The number of amides is 1. The van der Waals surface area contributed by atoms with Crippen molar-refractivity contribution < 1.29 is 9.53 Å². The molecule has 0 aliphatic heterocycles. The van der Waals surface area contributed by atoms with Crippen LogP contribution in [0, 0.1) is 0 Å². The van der Waals surface area contributed by atoms with E-state index in [1.807, 2.05) is 61.5 Å². The lowest BCUT2D eigenvalue weighted by Gasteiger charge is -2.18. The van der Waals surface area contributed by atoms with Crippen LogP contribution in [-0.4, -0.2) is 32.4 Å². The SMILES string of the molecule is CCOc1ccccc1NC(=O)[C@@H](Sc1ncnc2nc[nH]c12)c1ccccc1. The van der Waals surface area contributed by atoms with E-state index in [9.17, 15) is 4.79 Å². The molecule has 2 heterocycles. The van der Waals surface area contributed by atoms with Gasteiger partial charge in [0.25, 0.3) is 0 Å². The van der Waals surface area contributed by atoms with E-state index >= 15 is 0 Å². The number of rotatable bonds is 7. The first-order chi connectivity index (χ1) is 14.3. The molecule has 0 fully saturated rings. The Morgan fingerprint density at radius 1 is 1.10 bits per heavy atom. The molecule has 0 radical (unpaired) electrons. The third kappa shape index (κ3) is 4.22. The first-order valence-corrected chi connectivity index (χ1v) is 10.0. The molecular weight excluding hydrogens is 386 g/mol. The van der Waals surface area contributed by atoms with E-state index < -0.39 is 5.25 Å². The number of nitrogens with one attached hydrogen (secondary N) is 2. The fourth-order valence-electron chi connectivity index (χ4n) is 2.89. The quantitative estimate of drug-likeness (QED) is 0.353. The summed E-state index contributed by atoms with van der Waals surface area (Å²) in [5.41, 5.74) is 2.78. The molecule has 2 N–H and O–H groups in total. The fourth-order valence-corrected chi connectivity index (χ4v) is 3.95. The van der Waals surface area contributed by atoms with Crippen LogP contribution in [0.25, 0.3) is 11.2 Å². The molecule has 146 valence electrons. The van der Waals surface area contributed by atoms with Gasteiger partial charge in [-0.25, -0.2) is 15.0 Å². The molecule has 4 aromatic rings. The van der Waals surface area contributed by atoms with E-state index in [0.717, 1.165) is 5.56 Å². The number of anilines is 1. The van der Waals surface area contributed by atoms with E-state index in [2.05, 4.69) is 25.3 Å². The van der Waals surface area contributed by atoms with Crippen LogP contribution in [0.2, 0.25) is 0 Å². The van der Waals surface area contributed by atoms with Crippen LogP contribution >= 0.6 is 11.8 Å². The largest absolute Gasteiger partial charge is 0.492 e. The van der Waals surface area contributed by atoms with Crippen LogP contribution in [0.3, 0.4) is 0 Å². The molecule has 8 heteroatoms. The molecule has 2 aromatic heterocycles. The minimum atomic E-state index is -0.521. The van der Waals surface area contributed by atoms with Gasteiger partial charge in [-0.15, -0.1) is 0 Å². The average molecular weight is 405 g/mol. The zero-order valence-corrected chi connectivity index (χ0v) is 16.5. The smallest absolute Gasteiger partial charge is 0.242 e. The highest BCUT2D eigenvalue weighted by Crippen LogP contribution is 2.38. The topological polar surface area (TPSA) is 92.8 Å².